The van der Waals surface area contributed by atoms with Gasteiger partial charge in [0.2, 0.25) is 5.91 Å². The number of aromatic nitrogens is 1. The molecule has 1 aromatic heterocycles. The number of para-hydroxylation sites is 2. The molecule has 1 fully saturated rings. The minimum atomic E-state index is 0.127. The van der Waals surface area contributed by atoms with Gasteiger partial charge in [0, 0.05) is 30.2 Å². The molecule has 0 spiro atoms. The molecule has 1 aliphatic rings. The lowest BCUT2D eigenvalue weighted by Gasteiger charge is -2.32. The second kappa shape index (κ2) is 7.42. The number of carbonyl (C=O) groups is 1. The third-order valence-electron chi connectivity index (χ3n) is 5.21. The number of rotatable bonds is 4. The molecule has 2 heterocycles. The minimum Gasteiger partial charge on any atom is -0.375 e. The number of hydrogen-bond acceptors (Lipinski definition) is 2. The van der Waals surface area contributed by atoms with Gasteiger partial charge < -0.3 is 15.2 Å². The number of hydrogen-bond donors (Lipinski definition) is 2. The molecule has 0 saturated carbocycles. The maximum absolute atomic E-state index is 12.5. The smallest absolute Gasteiger partial charge is 0.241 e. The van der Waals surface area contributed by atoms with E-state index in [1.54, 1.807) is 0 Å². The maximum atomic E-state index is 12.5. The van der Waals surface area contributed by atoms with Gasteiger partial charge in [-0.25, -0.2) is 0 Å². The van der Waals surface area contributed by atoms with Crippen molar-refractivity contribution in [2.24, 2.45) is 0 Å². The monoisotopic (exact) mass is 367 g/mol. The summed E-state index contributed by atoms with van der Waals surface area (Å²) in [6, 6.07) is 15.9. The summed E-state index contributed by atoms with van der Waals surface area (Å²) in [6.07, 6.45) is 4.13. The van der Waals surface area contributed by atoms with Gasteiger partial charge in [0.25, 0.3) is 0 Å². The first-order valence-electron chi connectivity index (χ1n) is 9.04. The number of piperidine rings is 1. The lowest BCUT2D eigenvalue weighted by atomic mass is 9.89. The van der Waals surface area contributed by atoms with E-state index in [2.05, 4.69) is 40.8 Å². The number of anilines is 1. The van der Waals surface area contributed by atoms with Crippen molar-refractivity contribution in [3.63, 3.8) is 0 Å². The average Bonchev–Trinajstić information content (AvgIpc) is 3.11. The summed E-state index contributed by atoms with van der Waals surface area (Å²) in [5.74, 6) is 0.633. The Bertz CT molecular complexity index is 912. The molecule has 2 N–H and O–H groups in total. The highest BCUT2D eigenvalue weighted by Crippen LogP contribution is 2.33. The number of amides is 1. The van der Waals surface area contributed by atoms with Crippen LogP contribution in [0.15, 0.2) is 54.7 Å². The Morgan fingerprint density at radius 1 is 1.12 bits per heavy atom. The minimum absolute atomic E-state index is 0.127. The molecule has 5 heteroatoms. The molecule has 0 unspecified atom stereocenters. The third kappa shape index (κ3) is 3.42. The third-order valence-corrected chi connectivity index (χ3v) is 5.54. The van der Waals surface area contributed by atoms with Crippen LogP contribution in [0, 0.1) is 0 Å². The molecule has 4 nitrogen and oxygen atoms in total. The van der Waals surface area contributed by atoms with Crippen LogP contribution in [0.3, 0.4) is 0 Å². The Morgan fingerprint density at radius 3 is 2.65 bits per heavy atom. The second-order valence-electron chi connectivity index (χ2n) is 6.78. The van der Waals surface area contributed by atoms with Crippen molar-refractivity contribution in [3.05, 3.63) is 65.3 Å². The summed E-state index contributed by atoms with van der Waals surface area (Å²) in [7, 11) is 0. The Balaban J connectivity index is 1.34. The summed E-state index contributed by atoms with van der Waals surface area (Å²) in [4.78, 5) is 17.8. The van der Waals surface area contributed by atoms with Crippen LogP contribution in [0.1, 0.15) is 24.3 Å². The fraction of sp³-hybridized carbons (Fsp3) is 0.286. The largest absolute Gasteiger partial charge is 0.375 e. The van der Waals surface area contributed by atoms with Crippen LogP contribution in [0.2, 0.25) is 5.02 Å². The number of nitrogens with one attached hydrogen (secondary N) is 2. The first kappa shape index (κ1) is 17.0. The molecule has 3 aromatic rings. The first-order valence-corrected chi connectivity index (χ1v) is 9.42. The predicted molar refractivity (Wildman–Crippen MR) is 107 cm³/mol. The molecule has 1 aliphatic heterocycles. The normalized spacial score (nSPS) is 15.3. The summed E-state index contributed by atoms with van der Waals surface area (Å²) in [6.45, 7) is 1.88. The number of fused-ring (bicyclic) bond motifs is 1. The van der Waals surface area contributed by atoms with Gasteiger partial charge in [0.1, 0.15) is 0 Å². The second-order valence-corrected chi connectivity index (χ2v) is 7.19. The van der Waals surface area contributed by atoms with Crippen molar-refractivity contribution in [3.8, 4) is 0 Å². The van der Waals surface area contributed by atoms with E-state index in [4.69, 9.17) is 11.6 Å². The number of likely N-dealkylation sites (tertiary alicyclic amines) is 1. The highest BCUT2D eigenvalue weighted by atomic mass is 35.5. The maximum Gasteiger partial charge on any atom is 0.241 e. The Kier molecular flexibility index (Phi) is 4.85. The van der Waals surface area contributed by atoms with E-state index in [0.29, 0.717) is 10.9 Å². The van der Waals surface area contributed by atoms with E-state index in [0.717, 1.165) is 31.6 Å². The van der Waals surface area contributed by atoms with Gasteiger partial charge in [-0.2, -0.15) is 0 Å². The summed E-state index contributed by atoms with van der Waals surface area (Å²) in [5, 5.41) is 5.09. The van der Waals surface area contributed by atoms with Crippen LogP contribution in [-0.4, -0.2) is 35.4 Å². The molecule has 0 bridgehead atoms. The van der Waals surface area contributed by atoms with Crippen molar-refractivity contribution >= 4 is 34.1 Å². The van der Waals surface area contributed by atoms with Crippen molar-refractivity contribution in [1.82, 2.24) is 9.88 Å². The Morgan fingerprint density at radius 2 is 1.85 bits per heavy atom. The van der Waals surface area contributed by atoms with Crippen molar-refractivity contribution < 1.29 is 4.79 Å². The summed E-state index contributed by atoms with van der Waals surface area (Å²) in [5.41, 5.74) is 3.36. The van der Waals surface area contributed by atoms with E-state index < -0.39 is 0 Å². The number of halogens is 1. The fourth-order valence-corrected chi connectivity index (χ4v) is 3.96. The van der Waals surface area contributed by atoms with Gasteiger partial charge in [-0.15, -0.1) is 0 Å². The number of aromatic amines is 1. The molecular weight excluding hydrogens is 346 g/mol. The SMILES string of the molecule is O=C(CNc1ccccc1Cl)N1CCC(c2c[nH]c3ccccc23)CC1. The quantitative estimate of drug-likeness (QED) is 0.705. The lowest BCUT2D eigenvalue weighted by Crippen LogP contribution is -2.40. The van der Waals surface area contributed by atoms with Gasteiger partial charge in [-0.3, -0.25) is 4.79 Å². The Labute approximate surface area is 158 Å². The van der Waals surface area contributed by atoms with Gasteiger partial charge in [-0.1, -0.05) is 41.9 Å². The lowest BCUT2D eigenvalue weighted by molar-refractivity contribution is -0.130. The molecule has 1 amide bonds. The van der Waals surface area contributed by atoms with Crippen molar-refractivity contribution in [2.75, 3.05) is 25.0 Å². The van der Waals surface area contributed by atoms with E-state index in [1.165, 1.54) is 16.5 Å². The molecule has 4 rings (SSSR count). The zero-order chi connectivity index (χ0) is 17.9. The number of H-pyrrole nitrogens is 1. The zero-order valence-electron chi connectivity index (χ0n) is 14.5. The topological polar surface area (TPSA) is 48.1 Å². The number of nitrogens with zero attached hydrogens (tertiary/aromatic N) is 1. The van der Waals surface area contributed by atoms with Gasteiger partial charge in [0.15, 0.2) is 0 Å². The van der Waals surface area contributed by atoms with E-state index in [1.807, 2.05) is 29.2 Å². The molecule has 0 atom stereocenters. The van der Waals surface area contributed by atoms with Crippen LogP contribution in [0.25, 0.3) is 10.9 Å². The number of carbonyl (C=O) groups excluding carboxylic acids is 1. The first-order chi connectivity index (χ1) is 12.7. The molecule has 0 radical (unpaired) electrons. The highest BCUT2D eigenvalue weighted by Gasteiger charge is 2.25. The van der Waals surface area contributed by atoms with E-state index in [-0.39, 0.29) is 12.5 Å². The van der Waals surface area contributed by atoms with E-state index >= 15 is 0 Å². The fourth-order valence-electron chi connectivity index (χ4n) is 3.76. The molecule has 26 heavy (non-hydrogen) atoms. The predicted octanol–water partition coefficient (Wildman–Crippen LogP) is 4.64. The van der Waals surface area contributed by atoms with Crippen LogP contribution >= 0.6 is 11.6 Å². The molecule has 2 aromatic carbocycles. The van der Waals surface area contributed by atoms with Gasteiger partial charge >= 0.3 is 0 Å². The summed E-state index contributed by atoms with van der Waals surface area (Å²) < 4.78 is 0. The van der Waals surface area contributed by atoms with E-state index in [9.17, 15) is 4.79 Å². The highest BCUT2D eigenvalue weighted by molar-refractivity contribution is 6.33. The standard InChI is InChI=1S/C21H22ClN3O/c22-18-6-2-4-8-20(18)24-14-21(26)25-11-9-15(10-12-25)17-13-23-19-7-3-1-5-16(17)19/h1-8,13,15,23-24H,9-12,14H2. The van der Waals surface area contributed by atoms with Crippen molar-refractivity contribution in [1.29, 1.82) is 0 Å². The molecular formula is C21H22ClN3O. The molecule has 134 valence electrons. The summed E-state index contributed by atoms with van der Waals surface area (Å²) >= 11 is 6.13. The van der Waals surface area contributed by atoms with Crippen LogP contribution in [-0.2, 0) is 4.79 Å². The van der Waals surface area contributed by atoms with Crippen LogP contribution in [0.5, 0.6) is 0 Å². The molecule has 0 aliphatic carbocycles. The van der Waals surface area contributed by atoms with Crippen molar-refractivity contribution in [2.45, 2.75) is 18.8 Å². The van der Waals surface area contributed by atoms with Gasteiger partial charge in [0.05, 0.1) is 17.3 Å². The zero-order valence-corrected chi connectivity index (χ0v) is 15.3. The van der Waals surface area contributed by atoms with Gasteiger partial charge in [-0.05, 0) is 42.5 Å². The molecule has 1 saturated heterocycles. The Hall–Kier alpha value is -2.46. The van der Waals surface area contributed by atoms with Crippen LogP contribution in [0.4, 0.5) is 5.69 Å². The average molecular weight is 368 g/mol. The number of benzene rings is 2. The van der Waals surface area contributed by atoms with Crippen LogP contribution < -0.4 is 5.32 Å².